The summed E-state index contributed by atoms with van der Waals surface area (Å²) in [7, 11) is 0. The fraction of sp³-hybridized carbons (Fsp3) is 0.357. The van der Waals surface area contributed by atoms with Gasteiger partial charge in [0.15, 0.2) is 0 Å². The average Bonchev–Trinajstić information content (AvgIpc) is 2.38. The lowest BCUT2D eigenvalue weighted by atomic mass is 10.1. The summed E-state index contributed by atoms with van der Waals surface area (Å²) < 4.78 is 18.5. The molecule has 0 aliphatic heterocycles. The smallest absolute Gasteiger partial charge is 0.434 e. The molecular formula is C14H16O7. The molecule has 0 N–H and O–H groups in total. The molecule has 0 aliphatic carbocycles. The zero-order chi connectivity index (χ0) is 15.8. The van der Waals surface area contributed by atoms with Crippen LogP contribution in [0, 0.1) is 6.92 Å². The number of benzene rings is 1. The molecule has 0 radical (unpaired) electrons. The van der Waals surface area contributed by atoms with Gasteiger partial charge in [-0.3, -0.25) is 0 Å². The van der Waals surface area contributed by atoms with Crippen molar-refractivity contribution in [3.8, 4) is 5.75 Å². The van der Waals surface area contributed by atoms with Crippen LogP contribution in [0.15, 0.2) is 18.2 Å². The molecule has 1 aromatic carbocycles. The Balaban J connectivity index is 2.92. The second-order valence-corrected chi connectivity index (χ2v) is 3.86. The molecule has 0 unspecified atom stereocenters. The van der Waals surface area contributed by atoms with Crippen LogP contribution in [-0.4, -0.2) is 31.5 Å². The molecule has 7 nitrogen and oxygen atoms in total. The van der Waals surface area contributed by atoms with Gasteiger partial charge in [0.1, 0.15) is 11.3 Å². The molecule has 0 saturated carbocycles. The van der Waals surface area contributed by atoms with E-state index >= 15 is 0 Å². The van der Waals surface area contributed by atoms with E-state index in [4.69, 9.17) is 4.74 Å². The number of ether oxygens (including phenoxy) is 4. The first kappa shape index (κ1) is 16.5. The molecule has 0 saturated heterocycles. The zero-order valence-electron chi connectivity index (χ0n) is 12.0. The third-order valence-corrected chi connectivity index (χ3v) is 2.25. The molecule has 114 valence electrons. The lowest BCUT2D eigenvalue weighted by Gasteiger charge is -2.09. The topological polar surface area (TPSA) is 88.1 Å². The Hall–Kier alpha value is -2.57. The van der Waals surface area contributed by atoms with Crippen molar-refractivity contribution in [2.75, 3.05) is 13.2 Å². The maximum absolute atomic E-state index is 11.8. The Morgan fingerprint density at radius 1 is 1.00 bits per heavy atom. The standard InChI is InChI=1S/C14H16O7/c1-4-18-13(16)20-11-8-9(3)6-7-10(11)12(15)21-14(17)19-5-2/h6-8H,4-5H2,1-3H3. The number of aryl methyl sites for hydroxylation is 1. The van der Waals surface area contributed by atoms with Crippen molar-refractivity contribution >= 4 is 18.3 Å². The number of rotatable bonds is 4. The minimum atomic E-state index is -1.12. The average molecular weight is 296 g/mol. The number of hydrogen-bond acceptors (Lipinski definition) is 7. The largest absolute Gasteiger partial charge is 0.516 e. The molecule has 1 rings (SSSR count). The van der Waals surface area contributed by atoms with Crippen LogP contribution in [0.3, 0.4) is 0 Å². The number of carbonyl (C=O) groups is 3. The molecular weight excluding hydrogens is 280 g/mol. The SMILES string of the molecule is CCOC(=O)OC(=O)c1ccc(C)cc1OC(=O)OCC. The van der Waals surface area contributed by atoms with Crippen molar-refractivity contribution in [2.45, 2.75) is 20.8 Å². The first-order valence-corrected chi connectivity index (χ1v) is 6.32. The summed E-state index contributed by atoms with van der Waals surface area (Å²) in [5.41, 5.74) is 0.670. The molecule has 0 aliphatic rings. The maximum Gasteiger partial charge on any atom is 0.516 e. The van der Waals surface area contributed by atoms with Gasteiger partial charge in [0, 0.05) is 0 Å². The molecule has 7 heteroatoms. The summed E-state index contributed by atoms with van der Waals surface area (Å²) in [6.45, 7) is 5.15. The highest BCUT2D eigenvalue weighted by atomic mass is 16.7. The predicted molar refractivity (Wildman–Crippen MR) is 71.3 cm³/mol. The molecule has 0 heterocycles. The molecule has 21 heavy (non-hydrogen) atoms. The first-order chi connectivity index (χ1) is 9.97. The minimum absolute atomic E-state index is 0.0530. The van der Waals surface area contributed by atoms with Crippen LogP contribution in [0.1, 0.15) is 29.8 Å². The van der Waals surface area contributed by atoms with Crippen LogP contribution in [-0.2, 0) is 14.2 Å². The van der Waals surface area contributed by atoms with Crippen LogP contribution in [0.25, 0.3) is 0 Å². The van der Waals surface area contributed by atoms with E-state index in [2.05, 4.69) is 14.2 Å². The zero-order valence-corrected chi connectivity index (χ0v) is 12.0. The fourth-order valence-corrected chi connectivity index (χ4v) is 1.40. The predicted octanol–water partition coefficient (Wildman–Crippen LogP) is 2.84. The lowest BCUT2D eigenvalue weighted by molar-refractivity contribution is 0.0399. The van der Waals surface area contributed by atoms with E-state index in [0.29, 0.717) is 0 Å². The van der Waals surface area contributed by atoms with Crippen LogP contribution < -0.4 is 4.74 Å². The molecule has 0 fully saturated rings. The Morgan fingerprint density at radius 2 is 1.62 bits per heavy atom. The first-order valence-electron chi connectivity index (χ1n) is 6.32. The van der Waals surface area contributed by atoms with E-state index < -0.39 is 18.3 Å². The van der Waals surface area contributed by atoms with E-state index in [1.807, 2.05) is 0 Å². The Morgan fingerprint density at radius 3 is 2.24 bits per heavy atom. The number of carbonyl (C=O) groups excluding carboxylic acids is 3. The molecule has 0 aromatic heterocycles. The fourth-order valence-electron chi connectivity index (χ4n) is 1.40. The van der Waals surface area contributed by atoms with Gasteiger partial charge >= 0.3 is 18.3 Å². The van der Waals surface area contributed by atoms with Crippen molar-refractivity contribution in [1.82, 2.24) is 0 Å². The van der Waals surface area contributed by atoms with Gasteiger partial charge < -0.3 is 18.9 Å². The summed E-state index contributed by atoms with van der Waals surface area (Å²) in [5.74, 6) is -1.03. The van der Waals surface area contributed by atoms with Gasteiger partial charge in [-0.25, -0.2) is 14.4 Å². The maximum atomic E-state index is 11.8. The van der Waals surface area contributed by atoms with Crippen molar-refractivity contribution in [3.05, 3.63) is 29.3 Å². The molecule has 0 bridgehead atoms. The summed E-state index contributed by atoms with van der Waals surface area (Å²) in [6, 6.07) is 4.45. The highest BCUT2D eigenvalue weighted by Crippen LogP contribution is 2.22. The van der Waals surface area contributed by atoms with Crippen LogP contribution >= 0.6 is 0 Å². The van der Waals surface area contributed by atoms with E-state index in [1.165, 1.54) is 12.1 Å². The van der Waals surface area contributed by atoms with Gasteiger partial charge in [0.2, 0.25) is 0 Å². The van der Waals surface area contributed by atoms with Crippen molar-refractivity contribution in [3.63, 3.8) is 0 Å². The second kappa shape index (κ2) is 7.88. The number of esters is 1. The summed E-state index contributed by atoms with van der Waals surface area (Å²) >= 11 is 0. The van der Waals surface area contributed by atoms with Crippen molar-refractivity contribution in [1.29, 1.82) is 0 Å². The van der Waals surface area contributed by atoms with Crippen molar-refractivity contribution < 1.29 is 33.3 Å². The third-order valence-electron chi connectivity index (χ3n) is 2.25. The highest BCUT2D eigenvalue weighted by Gasteiger charge is 2.20. The summed E-state index contributed by atoms with van der Waals surface area (Å²) in [6.07, 6.45) is -2.07. The highest BCUT2D eigenvalue weighted by molar-refractivity contribution is 5.98. The van der Waals surface area contributed by atoms with E-state index in [-0.39, 0.29) is 24.5 Å². The number of hydrogen-bond donors (Lipinski definition) is 0. The lowest BCUT2D eigenvalue weighted by Crippen LogP contribution is -2.17. The summed E-state index contributed by atoms with van der Waals surface area (Å²) in [5, 5.41) is 0. The van der Waals surface area contributed by atoms with Gasteiger partial charge in [-0.2, -0.15) is 0 Å². The normalized spacial score (nSPS) is 9.67. The molecule has 0 atom stereocenters. The molecule has 0 amide bonds. The third kappa shape index (κ3) is 5.13. The van der Waals surface area contributed by atoms with Crippen LogP contribution in [0.5, 0.6) is 5.75 Å². The van der Waals surface area contributed by atoms with E-state index in [1.54, 1.807) is 26.8 Å². The van der Waals surface area contributed by atoms with Gasteiger partial charge in [-0.1, -0.05) is 6.07 Å². The Kier molecular flexibility index (Phi) is 6.19. The Labute approximate surface area is 121 Å². The molecule has 1 aromatic rings. The van der Waals surface area contributed by atoms with Gasteiger partial charge in [-0.05, 0) is 38.5 Å². The molecule has 0 spiro atoms. The minimum Gasteiger partial charge on any atom is -0.434 e. The second-order valence-electron chi connectivity index (χ2n) is 3.86. The van der Waals surface area contributed by atoms with E-state index in [9.17, 15) is 14.4 Å². The van der Waals surface area contributed by atoms with E-state index in [0.717, 1.165) is 5.56 Å². The quantitative estimate of drug-likeness (QED) is 0.479. The van der Waals surface area contributed by atoms with Crippen LogP contribution in [0.2, 0.25) is 0 Å². The monoisotopic (exact) mass is 296 g/mol. The van der Waals surface area contributed by atoms with Gasteiger partial charge in [-0.15, -0.1) is 0 Å². The Bertz CT molecular complexity index is 536. The van der Waals surface area contributed by atoms with Gasteiger partial charge in [0.25, 0.3) is 0 Å². The van der Waals surface area contributed by atoms with Crippen LogP contribution in [0.4, 0.5) is 9.59 Å². The van der Waals surface area contributed by atoms with Gasteiger partial charge in [0.05, 0.1) is 13.2 Å². The summed E-state index contributed by atoms with van der Waals surface area (Å²) in [4.78, 5) is 34.3. The van der Waals surface area contributed by atoms with Crippen molar-refractivity contribution in [2.24, 2.45) is 0 Å².